The van der Waals surface area contributed by atoms with Gasteiger partial charge in [-0.3, -0.25) is 13.9 Å². The Morgan fingerprint density at radius 1 is 1.00 bits per heavy atom. The van der Waals surface area contributed by atoms with Gasteiger partial charge in [-0.25, -0.2) is 8.42 Å². The first-order valence-electron chi connectivity index (χ1n) is 12.9. The molecule has 2 amide bonds. The number of sulfonamides is 1. The number of para-hydroxylation sites is 2. The number of thioether (sulfide) groups is 1. The van der Waals surface area contributed by atoms with Gasteiger partial charge >= 0.3 is 0 Å². The summed E-state index contributed by atoms with van der Waals surface area (Å²) in [6.45, 7) is 3.28. The number of carbonyl (C=O) groups excluding carboxylic acids is 2. The molecule has 0 unspecified atom stereocenters. The van der Waals surface area contributed by atoms with Crippen molar-refractivity contribution in [2.24, 2.45) is 0 Å². The molecule has 0 aromatic heterocycles. The molecule has 0 radical (unpaired) electrons. The van der Waals surface area contributed by atoms with E-state index in [9.17, 15) is 18.0 Å². The van der Waals surface area contributed by atoms with Gasteiger partial charge in [-0.2, -0.15) is 0 Å². The molecule has 0 saturated carbocycles. The van der Waals surface area contributed by atoms with E-state index in [1.165, 1.54) is 35.8 Å². The third-order valence-corrected chi connectivity index (χ3v) is 9.59. The highest BCUT2D eigenvalue weighted by atomic mass is 35.5. The quantitative estimate of drug-likeness (QED) is 0.236. The normalized spacial score (nSPS) is 12.0. The van der Waals surface area contributed by atoms with Crippen LogP contribution in [0.2, 0.25) is 10.0 Å². The van der Waals surface area contributed by atoms with Crippen molar-refractivity contribution in [1.29, 1.82) is 0 Å². The molecule has 12 heteroatoms. The average molecular weight is 639 g/mol. The Balaban J connectivity index is 2.12. The molecule has 0 heterocycles. The van der Waals surface area contributed by atoms with Gasteiger partial charge < -0.3 is 15.0 Å². The van der Waals surface area contributed by atoms with Gasteiger partial charge in [-0.1, -0.05) is 48.3 Å². The molecule has 8 nitrogen and oxygen atoms in total. The lowest BCUT2D eigenvalue weighted by molar-refractivity contribution is -0.140. The van der Waals surface area contributed by atoms with Crippen LogP contribution in [-0.4, -0.2) is 57.6 Å². The van der Waals surface area contributed by atoms with E-state index >= 15 is 0 Å². The van der Waals surface area contributed by atoms with Crippen LogP contribution in [-0.2, 0) is 26.2 Å². The Hall–Kier alpha value is -2.92. The lowest BCUT2D eigenvalue weighted by Gasteiger charge is -2.33. The second-order valence-corrected chi connectivity index (χ2v) is 12.5. The molecule has 0 aliphatic rings. The average Bonchev–Trinajstić information content (AvgIpc) is 2.97. The molecule has 3 aromatic rings. The first-order valence-corrected chi connectivity index (χ1v) is 16.3. The Labute approximate surface area is 256 Å². The van der Waals surface area contributed by atoms with E-state index in [1.807, 2.05) is 6.26 Å². The largest absolute Gasteiger partial charge is 0.492 e. The highest BCUT2D eigenvalue weighted by Gasteiger charge is 2.34. The number of nitrogens with one attached hydrogen (secondary N) is 1. The van der Waals surface area contributed by atoms with E-state index < -0.39 is 28.5 Å². The Kier molecular flexibility index (Phi) is 11.8. The molecular formula is C29H33Cl2N3O5S2. The summed E-state index contributed by atoms with van der Waals surface area (Å²) in [4.78, 5) is 29.2. The molecule has 3 rings (SSSR count). The topological polar surface area (TPSA) is 96.0 Å². The van der Waals surface area contributed by atoms with Crippen molar-refractivity contribution in [3.05, 3.63) is 82.3 Å². The smallest absolute Gasteiger partial charge is 0.264 e. The number of benzene rings is 3. The summed E-state index contributed by atoms with van der Waals surface area (Å²) in [5.74, 6) is -0.652. The highest BCUT2D eigenvalue weighted by Crippen LogP contribution is 2.33. The van der Waals surface area contributed by atoms with Crippen LogP contribution in [0.15, 0.2) is 76.5 Å². The van der Waals surface area contributed by atoms with E-state index in [0.717, 1.165) is 9.20 Å². The molecule has 0 saturated heterocycles. The van der Waals surface area contributed by atoms with Crippen LogP contribution in [0.4, 0.5) is 5.69 Å². The number of hydrogen-bond donors (Lipinski definition) is 1. The molecule has 0 aliphatic heterocycles. The minimum atomic E-state index is -4.23. The number of amides is 2. The van der Waals surface area contributed by atoms with Crippen LogP contribution < -0.4 is 14.4 Å². The van der Waals surface area contributed by atoms with Crippen molar-refractivity contribution in [2.75, 3.05) is 30.8 Å². The van der Waals surface area contributed by atoms with Crippen molar-refractivity contribution >= 4 is 62.5 Å². The van der Waals surface area contributed by atoms with Crippen molar-refractivity contribution in [3.8, 4) is 5.75 Å². The first kappa shape index (κ1) is 32.6. The molecule has 1 N–H and O–H groups in total. The molecule has 0 aliphatic carbocycles. The summed E-state index contributed by atoms with van der Waals surface area (Å²) in [5.41, 5.74) is 0.839. The highest BCUT2D eigenvalue weighted by molar-refractivity contribution is 7.98. The molecular weight excluding hydrogens is 605 g/mol. The first-order chi connectivity index (χ1) is 19.6. The summed E-state index contributed by atoms with van der Waals surface area (Å²) >= 11 is 13.8. The number of halogens is 2. The van der Waals surface area contributed by atoms with Crippen LogP contribution in [0.1, 0.15) is 25.8 Å². The summed E-state index contributed by atoms with van der Waals surface area (Å²) in [7, 11) is -2.75. The SMILES string of the molecule is CCOc1ccccc1N(CC(=O)N(Cc1ccc(Cl)c(Cl)c1)[C@H](CC)C(=O)NC)S(=O)(=O)c1ccc(SC)cc1. The Bertz CT molecular complexity index is 1470. The summed E-state index contributed by atoms with van der Waals surface area (Å²) < 4.78 is 35.0. The molecule has 0 bridgehead atoms. The molecule has 0 fully saturated rings. The third kappa shape index (κ3) is 7.88. The molecule has 220 valence electrons. The second-order valence-electron chi connectivity index (χ2n) is 8.90. The monoisotopic (exact) mass is 637 g/mol. The number of rotatable bonds is 13. The van der Waals surface area contributed by atoms with Gasteiger partial charge in [0.25, 0.3) is 10.0 Å². The molecule has 1 atom stereocenters. The van der Waals surface area contributed by atoms with E-state index in [4.69, 9.17) is 27.9 Å². The number of carbonyl (C=O) groups is 2. The fourth-order valence-electron chi connectivity index (χ4n) is 4.25. The van der Waals surface area contributed by atoms with E-state index in [0.29, 0.717) is 34.4 Å². The molecule has 3 aromatic carbocycles. The predicted octanol–water partition coefficient (Wildman–Crippen LogP) is 5.86. The Morgan fingerprint density at radius 2 is 1.68 bits per heavy atom. The van der Waals surface area contributed by atoms with Gasteiger partial charge in [0.2, 0.25) is 11.8 Å². The fourth-order valence-corrected chi connectivity index (χ4v) is 6.40. The number of hydrogen-bond acceptors (Lipinski definition) is 6. The van der Waals surface area contributed by atoms with Crippen LogP contribution in [0.5, 0.6) is 5.75 Å². The second kappa shape index (κ2) is 14.8. The maximum atomic E-state index is 14.1. The van der Waals surface area contributed by atoms with Crippen LogP contribution in [0, 0.1) is 0 Å². The lowest BCUT2D eigenvalue weighted by atomic mass is 10.1. The summed E-state index contributed by atoms with van der Waals surface area (Å²) in [5, 5.41) is 3.25. The number of likely N-dealkylation sites (N-methyl/N-ethyl adjacent to an activating group) is 1. The van der Waals surface area contributed by atoms with Gasteiger partial charge in [0.05, 0.1) is 27.2 Å². The van der Waals surface area contributed by atoms with E-state index in [1.54, 1.807) is 68.4 Å². The fraction of sp³-hybridized carbons (Fsp3) is 0.310. The van der Waals surface area contributed by atoms with Crippen molar-refractivity contribution in [1.82, 2.24) is 10.2 Å². The van der Waals surface area contributed by atoms with Crippen LogP contribution in [0.3, 0.4) is 0 Å². The van der Waals surface area contributed by atoms with E-state index in [2.05, 4.69) is 5.32 Å². The van der Waals surface area contributed by atoms with Crippen molar-refractivity contribution in [2.45, 2.75) is 42.6 Å². The van der Waals surface area contributed by atoms with Crippen molar-refractivity contribution < 1.29 is 22.7 Å². The van der Waals surface area contributed by atoms with Gasteiger partial charge in [0.1, 0.15) is 18.3 Å². The number of nitrogens with zero attached hydrogens (tertiary/aromatic N) is 2. The molecule has 41 heavy (non-hydrogen) atoms. The maximum Gasteiger partial charge on any atom is 0.264 e. The number of anilines is 1. The zero-order valence-corrected chi connectivity index (χ0v) is 26.4. The van der Waals surface area contributed by atoms with Crippen molar-refractivity contribution in [3.63, 3.8) is 0 Å². The van der Waals surface area contributed by atoms with E-state index in [-0.39, 0.29) is 23.0 Å². The third-order valence-electron chi connectivity index (χ3n) is 6.33. The van der Waals surface area contributed by atoms with Gasteiger partial charge in [0.15, 0.2) is 0 Å². The lowest BCUT2D eigenvalue weighted by Crippen LogP contribution is -2.51. The molecule has 0 spiro atoms. The summed E-state index contributed by atoms with van der Waals surface area (Å²) in [6.07, 6.45) is 2.19. The zero-order chi connectivity index (χ0) is 30.2. The maximum absolute atomic E-state index is 14.1. The van der Waals surface area contributed by atoms with Gasteiger partial charge in [0, 0.05) is 18.5 Å². The zero-order valence-electron chi connectivity index (χ0n) is 23.3. The van der Waals surface area contributed by atoms with Gasteiger partial charge in [-0.15, -0.1) is 11.8 Å². The minimum Gasteiger partial charge on any atom is -0.492 e. The predicted molar refractivity (Wildman–Crippen MR) is 166 cm³/mol. The Morgan fingerprint density at radius 3 is 2.27 bits per heavy atom. The number of ether oxygens (including phenoxy) is 1. The van der Waals surface area contributed by atoms with Gasteiger partial charge in [-0.05, 0) is 73.7 Å². The van der Waals surface area contributed by atoms with Crippen LogP contribution >= 0.6 is 35.0 Å². The standard InChI is InChI=1S/C29H33Cl2N3O5S2/c1-5-25(29(36)32-3)33(18-20-11-16-23(30)24(31)17-20)28(35)19-34(26-9-7-8-10-27(26)39-6-2)41(37,38)22-14-12-21(40-4)13-15-22/h7-17,25H,5-6,18-19H2,1-4H3,(H,32,36)/t25-/m1/s1. The minimum absolute atomic E-state index is 0.00502. The summed E-state index contributed by atoms with van der Waals surface area (Å²) in [6, 6.07) is 17.1. The van der Waals surface area contributed by atoms with Crippen LogP contribution in [0.25, 0.3) is 0 Å².